The summed E-state index contributed by atoms with van der Waals surface area (Å²) in [5, 5.41) is 8.81. The molecule has 5 aromatic rings. The molecule has 0 radical (unpaired) electrons. The van der Waals surface area contributed by atoms with Crippen LogP contribution in [0.4, 0.5) is 4.39 Å². The Morgan fingerprint density at radius 1 is 1.00 bits per heavy atom. The molecule has 0 bridgehead atoms. The second-order valence-corrected chi connectivity index (χ2v) is 10.1. The van der Waals surface area contributed by atoms with Crippen LogP contribution in [-0.2, 0) is 13.0 Å². The molecule has 39 heavy (non-hydrogen) atoms. The van der Waals surface area contributed by atoms with Crippen LogP contribution < -0.4 is 10.5 Å². The second-order valence-electron chi connectivity index (χ2n) is 10.1. The van der Waals surface area contributed by atoms with Crippen LogP contribution in [0.15, 0.2) is 78.8 Å². The monoisotopic (exact) mass is 520 g/mol. The van der Waals surface area contributed by atoms with Crippen molar-refractivity contribution in [1.29, 1.82) is 0 Å². The van der Waals surface area contributed by atoms with Gasteiger partial charge in [-0.3, -0.25) is 10.1 Å². The lowest BCUT2D eigenvalue weighted by atomic mass is 9.97. The molecule has 6 rings (SSSR count). The molecular formula is C31H29FN6O. The molecule has 2 aromatic carbocycles. The summed E-state index contributed by atoms with van der Waals surface area (Å²) in [7, 11) is 5.62. The van der Waals surface area contributed by atoms with Crippen molar-refractivity contribution in [2.75, 3.05) is 21.2 Å². The lowest BCUT2D eigenvalue weighted by Crippen LogP contribution is -2.10. The molecule has 196 valence electrons. The number of rotatable bonds is 6. The second kappa shape index (κ2) is 9.89. The van der Waals surface area contributed by atoms with Crippen molar-refractivity contribution < 1.29 is 9.13 Å². The summed E-state index contributed by atoms with van der Waals surface area (Å²) in [4.78, 5) is 10.1. The average molecular weight is 521 g/mol. The molecule has 0 saturated heterocycles. The van der Waals surface area contributed by atoms with Crippen LogP contribution in [0, 0.1) is 5.82 Å². The highest BCUT2D eigenvalue weighted by atomic mass is 19.1. The Bertz CT molecular complexity index is 1760. The molecule has 0 amide bonds. The predicted molar refractivity (Wildman–Crippen MR) is 153 cm³/mol. The van der Waals surface area contributed by atoms with Crippen molar-refractivity contribution >= 4 is 16.5 Å². The van der Waals surface area contributed by atoms with Gasteiger partial charge in [-0.15, -0.1) is 0 Å². The van der Waals surface area contributed by atoms with Gasteiger partial charge in [-0.05, 0) is 78.8 Å². The molecule has 0 unspecified atom stereocenters. The Morgan fingerprint density at radius 2 is 1.87 bits per heavy atom. The number of aromatic nitrogens is 4. The number of hydrogen-bond acceptors (Lipinski definition) is 5. The first-order chi connectivity index (χ1) is 18.9. The van der Waals surface area contributed by atoms with Crippen LogP contribution in [0.1, 0.15) is 22.4 Å². The average Bonchev–Trinajstić information content (AvgIpc) is 3.48. The number of ether oxygens (including phenoxy) is 1. The number of aromatic amines is 2. The molecule has 4 N–H and O–H groups in total. The Kier molecular flexibility index (Phi) is 6.24. The van der Waals surface area contributed by atoms with E-state index in [1.807, 2.05) is 50.8 Å². The van der Waals surface area contributed by atoms with Gasteiger partial charge in [-0.25, -0.2) is 4.39 Å². The Balaban J connectivity index is 1.43. The summed E-state index contributed by atoms with van der Waals surface area (Å²) in [6, 6.07) is 15.2. The Morgan fingerprint density at radius 3 is 2.69 bits per heavy atom. The first-order valence-corrected chi connectivity index (χ1v) is 12.7. The molecular weight excluding hydrogens is 491 g/mol. The van der Waals surface area contributed by atoms with Gasteiger partial charge in [0.25, 0.3) is 0 Å². The molecule has 3 aromatic heterocycles. The highest BCUT2D eigenvalue weighted by molar-refractivity contribution is 5.96. The number of fused-ring (bicyclic) bond motifs is 2. The maximum Gasteiger partial charge on any atom is 0.127 e. The van der Waals surface area contributed by atoms with Crippen molar-refractivity contribution in [2.45, 2.75) is 13.0 Å². The molecule has 3 heterocycles. The lowest BCUT2D eigenvalue weighted by molar-refractivity contribution is 0.402. The SMILES string of the molecule is COc1cc(F)cc(C2=CC=C(N)Cc3[nH]c(-c4n[nH]c5ccc(-c6cncc(CN(C)C)c6)cc45)cc32)c1. The lowest BCUT2D eigenvalue weighted by Gasteiger charge is -2.10. The third-order valence-corrected chi connectivity index (χ3v) is 6.90. The normalized spacial score (nSPS) is 13.3. The molecule has 0 spiro atoms. The van der Waals surface area contributed by atoms with E-state index in [-0.39, 0.29) is 5.82 Å². The van der Waals surface area contributed by atoms with E-state index in [2.05, 4.69) is 49.3 Å². The van der Waals surface area contributed by atoms with Crippen LogP contribution in [0.5, 0.6) is 5.75 Å². The topological polar surface area (TPSA) is 95.8 Å². The zero-order valence-electron chi connectivity index (χ0n) is 22.0. The summed E-state index contributed by atoms with van der Waals surface area (Å²) in [6.45, 7) is 0.818. The number of methoxy groups -OCH3 is 1. The van der Waals surface area contributed by atoms with Crippen molar-refractivity contribution in [3.05, 3.63) is 107 Å². The third kappa shape index (κ3) is 4.82. The number of benzene rings is 2. The number of pyridine rings is 1. The highest BCUT2D eigenvalue weighted by Gasteiger charge is 2.21. The van der Waals surface area contributed by atoms with E-state index < -0.39 is 0 Å². The van der Waals surface area contributed by atoms with E-state index >= 15 is 0 Å². The third-order valence-electron chi connectivity index (χ3n) is 6.90. The first-order valence-electron chi connectivity index (χ1n) is 12.7. The Labute approximate surface area is 225 Å². The molecule has 0 aliphatic heterocycles. The summed E-state index contributed by atoms with van der Waals surface area (Å²) in [5.41, 5.74) is 16.3. The Hall–Kier alpha value is -4.69. The number of H-pyrrole nitrogens is 2. The zero-order chi connectivity index (χ0) is 27.1. The van der Waals surface area contributed by atoms with E-state index in [0.717, 1.165) is 62.4 Å². The highest BCUT2D eigenvalue weighted by Crippen LogP contribution is 2.37. The van der Waals surface area contributed by atoms with Gasteiger partial charge in [0, 0.05) is 59.3 Å². The van der Waals surface area contributed by atoms with E-state index in [4.69, 9.17) is 10.5 Å². The van der Waals surface area contributed by atoms with Gasteiger partial charge in [0.2, 0.25) is 0 Å². The molecule has 8 heteroatoms. The maximum absolute atomic E-state index is 14.4. The van der Waals surface area contributed by atoms with Gasteiger partial charge >= 0.3 is 0 Å². The van der Waals surface area contributed by atoms with E-state index in [0.29, 0.717) is 23.4 Å². The molecule has 0 atom stereocenters. The summed E-state index contributed by atoms with van der Waals surface area (Å²) >= 11 is 0. The zero-order valence-corrected chi connectivity index (χ0v) is 22.0. The van der Waals surface area contributed by atoms with Gasteiger partial charge < -0.3 is 20.4 Å². The number of halogens is 1. The van der Waals surface area contributed by atoms with Crippen LogP contribution in [-0.4, -0.2) is 46.3 Å². The smallest absolute Gasteiger partial charge is 0.127 e. The molecule has 7 nitrogen and oxygen atoms in total. The number of nitrogens with zero attached hydrogens (tertiary/aromatic N) is 3. The minimum atomic E-state index is -0.362. The maximum atomic E-state index is 14.4. The van der Waals surface area contributed by atoms with Gasteiger partial charge in [-0.2, -0.15) is 5.10 Å². The van der Waals surface area contributed by atoms with Crippen LogP contribution >= 0.6 is 0 Å². The molecule has 0 saturated carbocycles. The number of nitrogens with two attached hydrogens (primary N) is 1. The summed E-state index contributed by atoms with van der Waals surface area (Å²) in [5.74, 6) is 0.0955. The fourth-order valence-electron chi connectivity index (χ4n) is 5.13. The largest absolute Gasteiger partial charge is 0.497 e. The molecule has 1 aliphatic carbocycles. The van der Waals surface area contributed by atoms with Crippen LogP contribution in [0.2, 0.25) is 0 Å². The van der Waals surface area contributed by atoms with Crippen LogP contribution in [0.25, 0.3) is 39.0 Å². The van der Waals surface area contributed by atoms with Crippen molar-refractivity contribution in [1.82, 2.24) is 25.1 Å². The summed E-state index contributed by atoms with van der Waals surface area (Å²) < 4.78 is 19.7. The first kappa shape index (κ1) is 24.6. The predicted octanol–water partition coefficient (Wildman–Crippen LogP) is 5.66. The van der Waals surface area contributed by atoms with Crippen molar-refractivity contribution in [3.63, 3.8) is 0 Å². The van der Waals surface area contributed by atoms with E-state index in [1.54, 1.807) is 0 Å². The van der Waals surface area contributed by atoms with Gasteiger partial charge in [0.1, 0.15) is 17.3 Å². The molecule has 0 fully saturated rings. The standard InChI is InChI=1S/C31H29FN6O/c1-38(2)17-18-8-21(16-34-15-18)19-4-7-28-27(11-19)31(37-36-28)30-14-26-25(6-5-23(33)13-29(26)35-30)20-9-22(32)12-24(10-20)39-3/h4-12,14-16,35H,13,17,33H2,1-3H3,(H,36,37). The minimum Gasteiger partial charge on any atom is -0.497 e. The van der Waals surface area contributed by atoms with E-state index in [9.17, 15) is 4.39 Å². The van der Waals surface area contributed by atoms with Gasteiger partial charge in [0.15, 0.2) is 0 Å². The van der Waals surface area contributed by atoms with E-state index in [1.165, 1.54) is 19.2 Å². The minimum absolute atomic E-state index is 0.362. The number of hydrogen-bond donors (Lipinski definition) is 3. The van der Waals surface area contributed by atoms with Gasteiger partial charge in [0.05, 0.1) is 18.3 Å². The quantitative estimate of drug-likeness (QED) is 0.269. The number of nitrogens with one attached hydrogen (secondary N) is 2. The summed E-state index contributed by atoms with van der Waals surface area (Å²) in [6.07, 6.45) is 8.13. The number of allylic oxidation sites excluding steroid dienone is 3. The fraction of sp³-hybridized carbons (Fsp3) is 0.161. The fourth-order valence-corrected chi connectivity index (χ4v) is 5.13. The van der Waals surface area contributed by atoms with Crippen molar-refractivity contribution in [3.8, 4) is 28.3 Å². The van der Waals surface area contributed by atoms with Crippen molar-refractivity contribution in [2.24, 2.45) is 5.73 Å². The molecule has 1 aliphatic rings. The van der Waals surface area contributed by atoms with Gasteiger partial charge in [-0.1, -0.05) is 12.1 Å². The van der Waals surface area contributed by atoms with Crippen LogP contribution in [0.3, 0.4) is 0 Å².